The number of halogens is 2. The Morgan fingerprint density at radius 3 is 2.41 bits per heavy atom. The summed E-state index contributed by atoms with van der Waals surface area (Å²) >= 11 is 9.61. The van der Waals surface area contributed by atoms with Crippen LogP contribution in [0.3, 0.4) is 0 Å². The standard InChI is InChI=1S/C14H13BrClN/c1-10(13-4-2-3-9-17-13)14(15)11-5-7-12(16)8-6-11/h2-10,14H,1H3. The third-order valence-corrected chi connectivity index (χ3v) is 4.36. The second-order valence-corrected chi connectivity index (χ2v) is 5.42. The maximum Gasteiger partial charge on any atom is 0.0476 e. The molecule has 0 saturated carbocycles. The Labute approximate surface area is 115 Å². The normalized spacial score (nSPS) is 14.3. The summed E-state index contributed by atoms with van der Waals surface area (Å²) in [4.78, 5) is 4.63. The summed E-state index contributed by atoms with van der Waals surface area (Å²) in [5, 5.41) is 0.763. The number of aromatic nitrogens is 1. The zero-order chi connectivity index (χ0) is 12.3. The van der Waals surface area contributed by atoms with Gasteiger partial charge in [0.05, 0.1) is 0 Å². The van der Waals surface area contributed by atoms with E-state index < -0.39 is 0 Å². The Bertz CT molecular complexity index is 469. The molecule has 0 amide bonds. The molecule has 2 unspecified atom stereocenters. The summed E-state index contributed by atoms with van der Waals surface area (Å²) in [6.07, 6.45) is 1.83. The predicted molar refractivity (Wildman–Crippen MR) is 75.8 cm³/mol. The Balaban J connectivity index is 2.20. The molecule has 2 atom stereocenters. The summed E-state index contributed by atoms with van der Waals surface area (Å²) in [5.74, 6) is 0.317. The van der Waals surface area contributed by atoms with E-state index in [1.54, 1.807) is 0 Å². The van der Waals surface area contributed by atoms with Crippen molar-refractivity contribution in [3.8, 4) is 0 Å². The van der Waals surface area contributed by atoms with Gasteiger partial charge in [-0.15, -0.1) is 0 Å². The number of nitrogens with zero attached hydrogens (tertiary/aromatic N) is 1. The molecule has 1 aromatic heterocycles. The molecule has 1 heterocycles. The fourth-order valence-corrected chi connectivity index (χ4v) is 2.43. The van der Waals surface area contributed by atoms with Crippen LogP contribution >= 0.6 is 27.5 Å². The van der Waals surface area contributed by atoms with Crippen LogP contribution in [0.25, 0.3) is 0 Å². The number of rotatable bonds is 3. The second-order valence-electron chi connectivity index (χ2n) is 4.00. The molecule has 0 fully saturated rings. The van der Waals surface area contributed by atoms with E-state index in [2.05, 4.69) is 33.9 Å². The van der Waals surface area contributed by atoms with Crippen molar-refractivity contribution >= 4 is 27.5 Å². The van der Waals surface area contributed by atoms with Gasteiger partial charge in [0, 0.05) is 27.7 Å². The first-order valence-corrected chi connectivity index (χ1v) is 6.78. The Morgan fingerprint density at radius 2 is 1.82 bits per heavy atom. The van der Waals surface area contributed by atoms with Crippen LogP contribution in [0, 0.1) is 0 Å². The highest BCUT2D eigenvalue weighted by atomic mass is 79.9. The Kier molecular flexibility index (Phi) is 4.19. The van der Waals surface area contributed by atoms with Gasteiger partial charge in [0.15, 0.2) is 0 Å². The first-order chi connectivity index (χ1) is 8.18. The lowest BCUT2D eigenvalue weighted by Gasteiger charge is -2.18. The van der Waals surface area contributed by atoms with Crippen LogP contribution in [0.2, 0.25) is 5.02 Å². The number of hydrogen-bond donors (Lipinski definition) is 0. The van der Waals surface area contributed by atoms with Crippen molar-refractivity contribution in [1.29, 1.82) is 0 Å². The number of hydrogen-bond acceptors (Lipinski definition) is 1. The van der Waals surface area contributed by atoms with Crippen molar-refractivity contribution in [2.24, 2.45) is 0 Å². The topological polar surface area (TPSA) is 12.9 Å². The monoisotopic (exact) mass is 309 g/mol. The molecular formula is C14H13BrClN. The van der Waals surface area contributed by atoms with E-state index in [4.69, 9.17) is 11.6 Å². The van der Waals surface area contributed by atoms with E-state index in [0.29, 0.717) is 5.92 Å². The molecule has 0 saturated heterocycles. The predicted octanol–water partition coefficient (Wildman–Crippen LogP) is 4.97. The van der Waals surface area contributed by atoms with E-state index in [9.17, 15) is 0 Å². The Hall–Kier alpha value is -0.860. The molecule has 17 heavy (non-hydrogen) atoms. The molecule has 88 valence electrons. The van der Waals surface area contributed by atoms with Crippen LogP contribution in [-0.2, 0) is 0 Å². The number of benzene rings is 1. The van der Waals surface area contributed by atoms with Crippen LogP contribution in [0.4, 0.5) is 0 Å². The summed E-state index contributed by atoms with van der Waals surface area (Å²) in [6, 6.07) is 13.9. The number of pyridine rings is 1. The summed E-state index contributed by atoms with van der Waals surface area (Å²) in [6.45, 7) is 2.16. The molecule has 0 aliphatic carbocycles. The van der Waals surface area contributed by atoms with Gasteiger partial charge in [0.2, 0.25) is 0 Å². The van der Waals surface area contributed by atoms with Gasteiger partial charge in [-0.3, -0.25) is 4.98 Å². The molecular weight excluding hydrogens is 298 g/mol. The number of alkyl halides is 1. The molecule has 0 aliphatic rings. The van der Waals surface area contributed by atoms with Gasteiger partial charge in [-0.25, -0.2) is 0 Å². The van der Waals surface area contributed by atoms with E-state index in [0.717, 1.165) is 10.7 Å². The van der Waals surface area contributed by atoms with Crippen molar-refractivity contribution < 1.29 is 0 Å². The SMILES string of the molecule is CC(c1ccccn1)C(Br)c1ccc(Cl)cc1. The largest absolute Gasteiger partial charge is 0.261 e. The highest BCUT2D eigenvalue weighted by Crippen LogP contribution is 2.36. The lowest BCUT2D eigenvalue weighted by molar-refractivity contribution is 0.724. The third-order valence-electron chi connectivity index (χ3n) is 2.78. The minimum absolute atomic E-state index is 0.245. The van der Waals surface area contributed by atoms with E-state index in [-0.39, 0.29) is 4.83 Å². The zero-order valence-electron chi connectivity index (χ0n) is 9.48. The minimum Gasteiger partial charge on any atom is -0.261 e. The first kappa shape index (κ1) is 12.6. The van der Waals surface area contributed by atoms with Crippen LogP contribution in [0.15, 0.2) is 48.7 Å². The van der Waals surface area contributed by atoms with E-state index >= 15 is 0 Å². The van der Waals surface area contributed by atoms with Crippen LogP contribution in [-0.4, -0.2) is 4.98 Å². The molecule has 1 aromatic carbocycles. The van der Waals surface area contributed by atoms with Gasteiger partial charge in [0.1, 0.15) is 0 Å². The first-order valence-electron chi connectivity index (χ1n) is 5.49. The molecule has 0 spiro atoms. The molecule has 0 N–H and O–H groups in total. The van der Waals surface area contributed by atoms with Gasteiger partial charge < -0.3 is 0 Å². The third kappa shape index (κ3) is 3.08. The van der Waals surface area contributed by atoms with E-state index in [1.165, 1.54) is 5.56 Å². The lowest BCUT2D eigenvalue weighted by atomic mass is 9.97. The van der Waals surface area contributed by atoms with Gasteiger partial charge in [-0.05, 0) is 29.8 Å². The Morgan fingerprint density at radius 1 is 1.12 bits per heavy atom. The minimum atomic E-state index is 0.245. The maximum absolute atomic E-state index is 5.89. The summed E-state index contributed by atoms with van der Waals surface area (Å²) < 4.78 is 0. The van der Waals surface area contributed by atoms with Gasteiger partial charge >= 0.3 is 0 Å². The lowest BCUT2D eigenvalue weighted by Crippen LogP contribution is -2.03. The molecule has 2 rings (SSSR count). The van der Waals surface area contributed by atoms with Crippen molar-refractivity contribution in [3.63, 3.8) is 0 Å². The average Bonchev–Trinajstić information content (AvgIpc) is 2.39. The smallest absolute Gasteiger partial charge is 0.0476 e. The van der Waals surface area contributed by atoms with Crippen LogP contribution in [0.5, 0.6) is 0 Å². The van der Waals surface area contributed by atoms with E-state index in [1.807, 2.05) is 42.6 Å². The molecule has 0 bridgehead atoms. The highest BCUT2D eigenvalue weighted by Gasteiger charge is 2.18. The van der Waals surface area contributed by atoms with Gasteiger partial charge in [0.25, 0.3) is 0 Å². The van der Waals surface area contributed by atoms with Gasteiger partial charge in [-0.2, -0.15) is 0 Å². The van der Waals surface area contributed by atoms with Gasteiger partial charge in [-0.1, -0.05) is 52.7 Å². The maximum atomic E-state index is 5.89. The molecule has 0 aliphatic heterocycles. The second kappa shape index (κ2) is 5.65. The molecule has 2 aromatic rings. The highest BCUT2D eigenvalue weighted by molar-refractivity contribution is 9.09. The van der Waals surface area contributed by atoms with Crippen molar-refractivity contribution in [1.82, 2.24) is 4.98 Å². The van der Waals surface area contributed by atoms with Crippen LogP contribution in [0.1, 0.15) is 28.9 Å². The zero-order valence-corrected chi connectivity index (χ0v) is 11.8. The summed E-state index contributed by atoms with van der Waals surface area (Å²) in [5.41, 5.74) is 2.30. The van der Waals surface area contributed by atoms with Crippen LogP contribution < -0.4 is 0 Å². The molecule has 3 heteroatoms. The summed E-state index contributed by atoms with van der Waals surface area (Å²) in [7, 11) is 0. The fraction of sp³-hybridized carbons (Fsp3) is 0.214. The average molecular weight is 311 g/mol. The van der Waals surface area contributed by atoms with Crippen molar-refractivity contribution in [2.75, 3.05) is 0 Å². The molecule has 0 radical (unpaired) electrons. The fourth-order valence-electron chi connectivity index (χ4n) is 1.73. The van der Waals surface area contributed by atoms with Crippen molar-refractivity contribution in [3.05, 3.63) is 64.9 Å². The quantitative estimate of drug-likeness (QED) is 0.729. The van der Waals surface area contributed by atoms with Crippen molar-refractivity contribution in [2.45, 2.75) is 17.7 Å². The molecule has 1 nitrogen and oxygen atoms in total.